The Bertz CT molecular complexity index is 793. The Morgan fingerprint density at radius 1 is 0.976 bits per heavy atom. The molecule has 4 fully saturated rings. The van der Waals surface area contributed by atoms with E-state index in [4.69, 9.17) is 4.79 Å². The van der Waals surface area contributed by atoms with Gasteiger partial charge in [-0.3, -0.25) is 0 Å². The summed E-state index contributed by atoms with van der Waals surface area (Å²) in [6.45, 7) is 31.2. The van der Waals surface area contributed by atoms with Crippen LogP contribution in [0, 0.1) is 57.7 Å². The molecule has 0 heterocycles. The zero-order valence-corrected chi connectivity index (χ0v) is 29.3. The second kappa shape index (κ2) is 16.3. The Hall–Kier alpha value is -0.830. The van der Waals surface area contributed by atoms with E-state index < -0.39 is 0 Å². The molecular formula is C38H72N2O. The van der Waals surface area contributed by atoms with E-state index in [2.05, 4.69) is 79.5 Å². The number of hydrogen-bond acceptors (Lipinski definition) is 3. The van der Waals surface area contributed by atoms with Gasteiger partial charge in [-0.25, -0.2) is 0 Å². The maximum absolute atomic E-state index is 8.81. The zero-order valence-electron chi connectivity index (χ0n) is 29.3. The van der Waals surface area contributed by atoms with Crippen molar-refractivity contribution in [2.75, 3.05) is 19.6 Å². The van der Waals surface area contributed by atoms with E-state index in [0.29, 0.717) is 16.2 Å². The highest BCUT2D eigenvalue weighted by atomic mass is 16.1. The Morgan fingerprint density at radius 3 is 2.22 bits per heavy atom. The van der Waals surface area contributed by atoms with Crippen LogP contribution in [0.5, 0.6) is 0 Å². The van der Waals surface area contributed by atoms with E-state index in [9.17, 15) is 0 Å². The molecule has 0 amide bonds. The van der Waals surface area contributed by atoms with Gasteiger partial charge >= 0.3 is 0 Å². The van der Waals surface area contributed by atoms with Crippen molar-refractivity contribution in [2.24, 2.45) is 57.7 Å². The number of likely N-dealkylation sites (N-methyl/N-ethyl adjacent to an activating group) is 1. The third-order valence-electron chi connectivity index (χ3n) is 12.9. The molecule has 2 N–H and O–H groups in total. The Balaban J connectivity index is 0.000000572. The molecular weight excluding hydrogens is 500 g/mol. The molecule has 3 heteroatoms. The van der Waals surface area contributed by atoms with Crippen LogP contribution in [-0.2, 0) is 4.79 Å². The van der Waals surface area contributed by atoms with Gasteiger partial charge in [0.25, 0.3) is 0 Å². The fourth-order valence-electron chi connectivity index (χ4n) is 11.0. The van der Waals surface area contributed by atoms with E-state index in [1.54, 1.807) is 0 Å². The number of nitrogens with one attached hydrogen (secondary N) is 2. The molecule has 0 spiro atoms. The molecule has 9 atom stereocenters. The average molecular weight is 573 g/mol. The Labute approximate surface area is 257 Å². The molecule has 3 nitrogen and oxygen atoms in total. The summed E-state index contributed by atoms with van der Waals surface area (Å²) >= 11 is 0. The van der Waals surface area contributed by atoms with Crippen molar-refractivity contribution in [3.05, 3.63) is 12.3 Å². The van der Waals surface area contributed by atoms with Crippen LogP contribution in [0.3, 0.4) is 0 Å². The maximum Gasteiger partial charge on any atom is 0.116 e. The first-order valence-corrected chi connectivity index (χ1v) is 17.9. The van der Waals surface area contributed by atoms with Gasteiger partial charge in [0.2, 0.25) is 0 Å². The molecule has 240 valence electrons. The van der Waals surface area contributed by atoms with Crippen LogP contribution in [0.2, 0.25) is 0 Å². The highest BCUT2D eigenvalue weighted by Crippen LogP contribution is 2.75. The average Bonchev–Trinajstić information content (AvgIpc) is 3.19. The number of hydrogen-bond donors (Lipinski definition) is 2. The summed E-state index contributed by atoms with van der Waals surface area (Å²) in [5, 5.41) is 7.08. The molecule has 7 unspecified atom stereocenters. The van der Waals surface area contributed by atoms with E-state index in [0.717, 1.165) is 67.3 Å². The summed E-state index contributed by atoms with van der Waals surface area (Å²) in [7, 11) is 0. The van der Waals surface area contributed by atoms with Crippen molar-refractivity contribution in [1.29, 1.82) is 0 Å². The fraction of sp³-hybridized carbons (Fsp3) is 0.921. The molecule has 0 bridgehead atoms. The quantitative estimate of drug-likeness (QED) is 0.202. The summed E-state index contributed by atoms with van der Waals surface area (Å²) in [5.41, 5.74) is 2.93. The largest absolute Gasteiger partial charge is 0.388 e. The first-order valence-electron chi connectivity index (χ1n) is 17.9. The SMILES string of the molecule is C=C(CC1C(CC)CC2(C)C1CCC1C3(C)CCC[C@@H](C)C3CC[C@@]12C)NCCNCC.CC=O.CCCC(C)C. The van der Waals surface area contributed by atoms with Crippen LogP contribution in [0.15, 0.2) is 12.3 Å². The van der Waals surface area contributed by atoms with Crippen LogP contribution in [-0.4, -0.2) is 25.9 Å². The summed E-state index contributed by atoms with van der Waals surface area (Å²) in [5.74, 6) is 6.36. The second-order valence-electron chi connectivity index (χ2n) is 15.6. The van der Waals surface area contributed by atoms with Crippen molar-refractivity contribution in [3.8, 4) is 0 Å². The molecule has 4 aliphatic rings. The third kappa shape index (κ3) is 8.02. The van der Waals surface area contributed by atoms with Gasteiger partial charge in [-0.2, -0.15) is 0 Å². The summed E-state index contributed by atoms with van der Waals surface area (Å²) in [6, 6.07) is 0. The van der Waals surface area contributed by atoms with E-state index >= 15 is 0 Å². The third-order valence-corrected chi connectivity index (χ3v) is 12.9. The van der Waals surface area contributed by atoms with Gasteiger partial charge < -0.3 is 15.4 Å². The molecule has 0 saturated heterocycles. The summed E-state index contributed by atoms with van der Waals surface area (Å²) in [4.78, 5) is 8.81. The van der Waals surface area contributed by atoms with Crippen molar-refractivity contribution in [3.63, 3.8) is 0 Å². The second-order valence-corrected chi connectivity index (χ2v) is 15.6. The topological polar surface area (TPSA) is 41.1 Å². The van der Waals surface area contributed by atoms with Gasteiger partial charge in [-0.15, -0.1) is 0 Å². The minimum absolute atomic E-state index is 0.514. The molecule has 0 aromatic rings. The van der Waals surface area contributed by atoms with Crippen molar-refractivity contribution in [1.82, 2.24) is 10.6 Å². The van der Waals surface area contributed by atoms with Gasteiger partial charge in [0.15, 0.2) is 0 Å². The molecule has 41 heavy (non-hydrogen) atoms. The zero-order chi connectivity index (χ0) is 30.8. The monoisotopic (exact) mass is 573 g/mol. The highest BCUT2D eigenvalue weighted by Gasteiger charge is 2.67. The predicted molar refractivity (Wildman–Crippen MR) is 180 cm³/mol. The number of rotatable bonds is 10. The van der Waals surface area contributed by atoms with E-state index in [1.165, 1.54) is 89.7 Å². The Kier molecular flexibility index (Phi) is 14.5. The van der Waals surface area contributed by atoms with E-state index in [-0.39, 0.29) is 0 Å². The predicted octanol–water partition coefficient (Wildman–Crippen LogP) is 10.1. The lowest BCUT2D eigenvalue weighted by Crippen LogP contribution is -2.60. The number of carbonyl (C=O) groups is 1. The summed E-state index contributed by atoms with van der Waals surface area (Å²) in [6.07, 6.45) is 17.9. The molecule has 0 aromatic carbocycles. The minimum atomic E-state index is 0.514. The smallest absolute Gasteiger partial charge is 0.116 e. The van der Waals surface area contributed by atoms with Gasteiger partial charge in [0, 0.05) is 18.8 Å². The van der Waals surface area contributed by atoms with Gasteiger partial charge in [0.05, 0.1) is 0 Å². The number of allylic oxidation sites excluding steroid dienone is 1. The molecule has 4 saturated carbocycles. The minimum Gasteiger partial charge on any atom is -0.388 e. The number of aldehydes is 1. The van der Waals surface area contributed by atoms with E-state index in [1.807, 2.05) is 0 Å². The molecule has 0 aliphatic heterocycles. The molecule has 0 radical (unpaired) electrons. The fourth-order valence-corrected chi connectivity index (χ4v) is 11.0. The summed E-state index contributed by atoms with van der Waals surface area (Å²) < 4.78 is 0. The number of carbonyl (C=O) groups excluding carboxylic acids is 1. The van der Waals surface area contributed by atoms with Crippen molar-refractivity contribution < 1.29 is 4.79 Å². The number of fused-ring (bicyclic) bond motifs is 5. The molecule has 4 aliphatic carbocycles. The molecule has 4 rings (SSSR count). The van der Waals surface area contributed by atoms with Crippen LogP contribution >= 0.6 is 0 Å². The first kappa shape index (κ1) is 36.4. The normalized spacial score (nSPS) is 39.2. The van der Waals surface area contributed by atoms with Crippen LogP contribution in [0.4, 0.5) is 0 Å². The lowest BCUT2D eigenvalue weighted by atomic mass is 9.37. The van der Waals surface area contributed by atoms with Crippen LogP contribution in [0.1, 0.15) is 146 Å². The first-order chi connectivity index (χ1) is 19.4. The van der Waals surface area contributed by atoms with Gasteiger partial charge in [-0.05, 0) is 116 Å². The molecule has 0 aromatic heterocycles. The van der Waals surface area contributed by atoms with Crippen molar-refractivity contribution in [2.45, 2.75) is 146 Å². The lowest BCUT2D eigenvalue weighted by Gasteiger charge is -2.68. The van der Waals surface area contributed by atoms with Gasteiger partial charge in [-0.1, -0.05) is 101 Å². The van der Waals surface area contributed by atoms with Crippen LogP contribution < -0.4 is 10.6 Å². The highest BCUT2D eigenvalue weighted by molar-refractivity contribution is 5.44. The standard InChI is InChI=1S/C30H54N2.C6H14.C2H4O/c1-8-23-20-30(7)26(24(23)19-22(4)32-18-17-31-9-2)12-13-27-28(5)15-10-11-21(3)25(28)14-16-29(27,30)6;1-4-5-6(2)3;1-2-3/h21,23-27,31-32H,4,8-20H2,1-3,5-7H3;6H,4-5H2,1-3H3;2H,1H3/t21-,23?,24?,25?,26?,27?,28?,29+,30?;;/m1../s1. The Morgan fingerprint density at radius 2 is 1.66 bits per heavy atom. The van der Waals surface area contributed by atoms with Gasteiger partial charge in [0.1, 0.15) is 6.29 Å². The maximum atomic E-state index is 8.81. The lowest BCUT2D eigenvalue weighted by molar-refractivity contribution is -0.189. The van der Waals surface area contributed by atoms with Crippen molar-refractivity contribution >= 4 is 6.29 Å². The van der Waals surface area contributed by atoms with Crippen LogP contribution in [0.25, 0.3) is 0 Å².